The van der Waals surface area contributed by atoms with Crippen LogP contribution in [0.4, 0.5) is 10.1 Å². The van der Waals surface area contributed by atoms with Gasteiger partial charge in [0.15, 0.2) is 0 Å². The lowest BCUT2D eigenvalue weighted by Crippen LogP contribution is -2.33. The zero-order chi connectivity index (χ0) is 16.6. The summed E-state index contributed by atoms with van der Waals surface area (Å²) in [6.07, 6.45) is 0.775. The summed E-state index contributed by atoms with van der Waals surface area (Å²) >= 11 is 12.4. The maximum atomic E-state index is 13.4. The summed E-state index contributed by atoms with van der Waals surface area (Å²) in [5.41, 5.74) is 5.74. The molecule has 0 saturated carbocycles. The van der Waals surface area contributed by atoms with Crippen molar-refractivity contribution in [3.8, 4) is 11.1 Å². The third-order valence-corrected chi connectivity index (χ3v) is 4.41. The molecule has 2 aromatic rings. The molecule has 3 rings (SSSR count). The third kappa shape index (κ3) is 3.64. The lowest BCUT2D eigenvalue weighted by atomic mass is 10.0. The minimum atomic E-state index is -0.176. The highest BCUT2D eigenvalue weighted by atomic mass is 35.5. The summed E-state index contributed by atoms with van der Waals surface area (Å²) in [6.45, 7) is 5.47. The van der Waals surface area contributed by atoms with Crippen LogP contribution in [0.25, 0.3) is 11.1 Å². The molecule has 0 heterocycles. The Morgan fingerprint density at radius 1 is 0.957 bits per heavy atom. The van der Waals surface area contributed by atoms with Crippen molar-refractivity contribution in [2.24, 2.45) is 0 Å². The minimum absolute atomic E-state index is 0.0463. The van der Waals surface area contributed by atoms with Crippen molar-refractivity contribution in [1.82, 2.24) is 0 Å². The lowest BCUT2D eigenvalue weighted by molar-refractivity contribution is 0.626. The molecular weight excluding hydrogens is 332 g/mol. The maximum Gasteiger partial charge on any atom is 0.123 e. The van der Waals surface area contributed by atoms with Gasteiger partial charge in [-0.1, -0.05) is 12.1 Å². The van der Waals surface area contributed by atoms with Crippen molar-refractivity contribution in [1.29, 1.82) is 0 Å². The van der Waals surface area contributed by atoms with Gasteiger partial charge in [0, 0.05) is 29.5 Å². The van der Waals surface area contributed by atoms with Gasteiger partial charge in [-0.2, -0.15) is 0 Å². The van der Waals surface area contributed by atoms with E-state index in [0.717, 1.165) is 36.3 Å². The second-order valence-corrected chi connectivity index (χ2v) is 7.78. The molecule has 0 aromatic heterocycles. The number of anilines is 1. The van der Waals surface area contributed by atoms with Crippen LogP contribution in [0.3, 0.4) is 0 Å². The molecule has 2 atom stereocenters. The first kappa shape index (κ1) is 16.6. The summed E-state index contributed by atoms with van der Waals surface area (Å²) in [4.78, 5) is 2.22. The molecule has 1 nitrogen and oxygen atoms in total. The summed E-state index contributed by atoms with van der Waals surface area (Å²) in [7, 11) is 0. The molecule has 0 N–H and O–H groups in total. The predicted octanol–water partition coefficient (Wildman–Crippen LogP) is 5.46. The van der Waals surface area contributed by atoms with E-state index in [4.69, 9.17) is 23.2 Å². The number of fused-ring (bicyclic) bond motifs is 3. The SMILES string of the molecule is C[C@@H](Cl)CN(C[C@@H](C)Cl)c1ccc2c(c1)Cc1cc(F)ccc1-2. The molecule has 0 spiro atoms. The molecule has 0 unspecified atom stereocenters. The van der Waals surface area contributed by atoms with E-state index < -0.39 is 0 Å². The van der Waals surface area contributed by atoms with E-state index in [0.29, 0.717) is 0 Å². The molecule has 1 aliphatic rings. The highest BCUT2D eigenvalue weighted by Gasteiger charge is 2.21. The van der Waals surface area contributed by atoms with Crippen LogP contribution in [0.15, 0.2) is 36.4 Å². The number of hydrogen-bond donors (Lipinski definition) is 0. The largest absolute Gasteiger partial charge is 0.369 e. The molecule has 2 aromatic carbocycles. The zero-order valence-corrected chi connectivity index (χ0v) is 14.8. The molecule has 0 radical (unpaired) electrons. The summed E-state index contributed by atoms with van der Waals surface area (Å²) < 4.78 is 13.4. The monoisotopic (exact) mass is 351 g/mol. The number of rotatable bonds is 5. The molecule has 122 valence electrons. The van der Waals surface area contributed by atoms with E-state index in [1.165, 1.54) is 17.2 Å². The first-order valence-electron chi connectivity index (χ1n) is 7.89. The molecule has 0 fully saturated rings. The molecule has 4 heteroatoms. The topological polar surface area (TPSA) is 3.24 Å². The van der Waals surface area contributed by atoms with Crippen molar-refractivity contribution in [2.75, 3.05) is 18.0 Å². The van der Waals surface area contributed by atoms with Gasteiger partial charge in [0.1, 0.15) is 5.82 Å². The Hall–Kier alpha value is -1.25. The van der Waals surface area contributed by atoms with Gasteiger partial charge < -0.3 is 4.90 Å². The van der Waals surface area contributed by atoms with Crippen molar-refractivity contribution >= 4 is 28.9 Å². The van der Waals surface area contributed by atoms with Crippen LogP contribution in [0.1, 0.15) is 25.0 Å². The minimum Gasteiger partial charge on any atom is -0.369 e. The van der Waals surface area contributed by atoms with E-state index in [9.17, 15) is 4.39 Å². The van der Waals surface area contributed by atoms with E-state index in [1.807, 2.05) is 19.9 Å². The van der Waals surface area contributed by atoms with E-state index in [-0.39, 0.29) is 16.6 Å². The average molecular weight is 352 g/mol. The van der Waals surface area contributed by atoms with Gasteiger partial charge in [-0.05, 0) is 66.8 Å². The third-order valence-electron chi connectivity index (χ3n) is 4.14. The van der Waals surface area contributed by atoms with Crippen molar-refractivity contribution in [2.45, 2.75) is 31.0 Å². The second-order valence-electron chi connectivity index (χ2n) is 6.29. The van der Waals surface area contributed by atoms with Gasteiger partial charge in [-0.15, -0.1) is 23.2 Å². The van der Waals surface area contributed by atoms with E-state index in [1.54, 1.807) is 6.07 Å². The number of alkyl halides is 2. The van der Waals surface area contributed by atoms with Crippen LogP contribution < -0.4 is 4.90 Å². The first-order chi connectivity index (χ1) is 10.9. The number of benzene rings is 2. The van der Waals surface area contributed by atoms with Crippen LogP contribution >= 0.6 is 23.2 Å². The molecule has 0 saturated heterocycles. The fourth-order valence-corrected chi connectivity index (χ4v) is 3.59. The molecule has 1 aliphatic carbocycles. The number of hydrogen-bond acceptors (Lipinski definition) is 1. The smallest absolute Gasteiger partial charge is 0.123 e. The van der Waals surface area contributed by atoms with Gasteiger partial charge in [0.05, 0.1) is 0 Å². The summed E-state index contributed by atoms with van der Waals surface area (Å²) in [5, 5.41) is 0.0925. The highest BCUT2D eigenvalue weighted by Crippen LogP contribution is 2.38. The Morgan fingerprint density at radius 2 is 1.52 bits per heavy atom. The van der Waals surface area contributed by atoms with Crippen LogP contribution in [0.5, 0.6) is 0 Å². The molecule has 0 aliphatic heterocycles. The molecular formula is C19H20Cl2FN. The number of nitrogens with zero attached hydrogens (tertiary/aromatic N) is 1. The fourth-order valence-electron chi connectivity index (χ4n) is 3.26. The summed E-state index contributed by atoms with van der Waals surface area (Å²) in [5.74, 6) is -0.176. The Kier molecular flexibility index (Phi) is 4.84. The Morgan fingerprint density at radius 3 is 2.13 bits per heavy atom. The van der Waals surface area contributed by atoms with Crippen molar-refractivity contribution in [3.63, 3.8) is 0 Å². The van der Waals surface area contributed by atoms with Crippen molar-refractivity contribution < 1.29 is 4.39 Å². The second kappa shape index (κ2) is 6.70. The number of halogens is 3. The Balaban J connectivity index is 1.92. The Bertz CT molecular complexity index is 703. The van der Waals surface area contributed by atoms with Crippen LogP contribution in [0.2, 0.25) is 0 Å². The van der Waals surface area contributed by atoms with E-state index in [2.05, 4.69) is 23.1 Å². The van der Waals surface area contributed by atoms with Gasteiger partial charge in [-0.3, -0.25) is 0 Å². The van der Waals surface area contributed by atoms with Crippen LogP contribution in [-0.2, 0) is 6.42 Å². The van der Waals surface area contributed by atoms with Gasteiger partial charge in [0.2, 0.25) is 0 Å². The maximum absolute atomic E-state index is 13.4. The first-order valence-corrected chi connectivity index (χ1v) is 8.76. The molecule has 0 amide bonds. The average Bonchev–Trinajstić information content (AvgIpc) is 2.81. The quantitative estimate of drug-likeness (QED) is 0.551. The van der Waals surface area contributed by atoms with Crippen LogP contribution in [-0.4, -0.2) is 23.8 Å². The fraction of sp³-hybridized carbons (Fsp3) is 0.368. The molecule has 0 bridgehead atoms. The normalized spacial score (nSPS) is 15.0. The van der Waals surface area contributed by atoms with E-state index >= 15 is 0 Å². The van der Waals surface area contributed by atoms with Gasteiger partial charge >= 0.3 is 0 Å². The lowest BCUT2D eigenvalue weighted by Gasteiger charge is -2.27. The Labute approximate surface area is 147 Å². The highest BCUT2D eigenvalue weighted by molar-refractivity contribution is 6.21. The summed E-state index contributed by atoms with van der Waals surface area (Å²) in [6, 6.07) is 11.4. The van der Waals surface area contributed by atoms with Gasteiger partial charge in [0.25, 0.3) is 0 Å². The standard InChI is InChI=1S/C19H20Cl2FN/c1-12(20)10-23(11-13(2)21)17-4-6-19-15(9-17)7-14-8-16(22)3-5-18(14)19/h3-6,8-9,12-13H,7,10-11H2,1-2H3/t12-,13-/m1/s1. The zero-order valence-electron chi connectivity index (χ0n) is 13.3. The molecule has 23 heavy (non-hydrogen) atoms. The van der Waals surface area contributed by atoms with Gasteiger partial charge in [-0.25, -0.2) is 4.39 Å². The van der Waals surface area contributed by atoms with Crippen LogP contribution in [0, 0.1) is 5.82 Å². The van der Waals surface area contributed by atoms with Crippen molar-refractivity contribution in [3.05, 3.63) is 53.3 Å². The predicted molar refractivity (Wildman–Crippen MR) is 97.5 cm³/mol.